The van der Waals surface area contributed by atoms with Crippen LogP contribution in [0.5, 0.6) is 0 Å². The fourth-order valence-corrected chi connectivity index (χ4v) is 3.31. The fourth-order valence-electron chi connectivity index (χ4n) is 1.16. The molecule has 0 aromatic carbocycles. The minimum Gasteiger partial charge on any atom is -0.476 e. The van der Waals surface area contributed by atoms with Gasteiger partial charge >= 0.3 is 5.97 Å². The monoisotopic (exact) mass is 278 g/mol. The third-order valence-corrected chi connectivity index (χ3v) is 4.31. The van der Waals surface area contributed by atoms with Crippen LogP contribution >= 0.6 is 11.3 Å². The maximum absolute atomic E-state index is 11.5. The van der Waals surface area contributed by atoms with Gasteiger partial charge in [-0.25, -0.2) is 22.9 Å². The number of aromatic nitrogens is 1. The van der Waals surface area contributed by atoms with Crippen LogP contribution in [-0.4, -0.2) is 30.2 Å². The summed E-state index contributed by atoms with van der Waals surface area (Å²) >= 11 is 1.12. The Morgan fingerprint density at radius 3 is 2.71 bits per heavy atom. The molecule has 6 nitrogen and oxygen atoms in total. The lowest BCUT2D eigenvalue weighted by molar-refractivity contribution is 0.0691. The molecule has 2 N–H and O–H groups in total. The topological polar surface area (TPSA) is 96.4 Å². The normalized spacial score (nSPS) is 11.9. The number of hydrogen-bond acceptors (Lipinski definition) is 5. The molecule has 8 heteroatoms. The molecule has 1 heterocycles. The summed E-state index contributed by atoms with van der Waals surface area (Å²) in [6.07, 6.45) is 0. The third-order valence-electron chi connectivity index (χ3n) is 1.77. The van der Waals surface area contributed by atoms with Crippen LogP contribution in [0.2, 0.25) is 0 Å². The van der Waals surface area contributed by atoms with Gasteiger partial charge in [0.25, 0.3) is 0 Å². The molecule has 0 radical (unpaired) electrons. The molecule has 0 fully saturated rings. The predicted molar refractivity (Wildman–Crippen MR) is 64.5 cm³/mol. The van der Waals surface area contributed by atoms with Crippen LogP contribution in [-0.2, 0) is 16.6 Å². The second-order valence-corrected chi connectivity index (χ2v) is 6.72. The van der Waals surface area contributed by atoms with Gasteiger partial charge in [-0.05, 0) is 5.92 Å². The van der Waals surface area contributed by atoms with Crippen LogP contribution in [0.1, 0.15) is 29.3 Å². The largest absolute Gasteiger partial charge is 0.476 e. The van der Waals surface area contributed by atoms with Gasteiger partial charge in [0.15, 0.2) is 5.69 Å². The number of carbonyl (C=O) groups is 1. The number of aromatic carboxylic acids is 1. The summed E-state index contributed by atoms with van der Waals surface area (Å²) in [6, 6.07) is 0. The highest BCUT2D eigenvalue weighted by molar-refractivity contribution is 7.89. The van der Waals surface area contributed by atoms with E-state index in [1.807, 2.05) is 13.8 Å². The standard InChI is InChI=1S/C9H14N2O4S2/c1-6(2)5-17(14,15)10-3-8-11-7(4-16-8)9(12)13/h4,6,10H,3,5H2,1-2H3,(H,12,13). The molecule has 0 aliphatic rings. The average molecular weight is 278 g/mol. The summed E-state index contributed by atoms with van der Waals surface area (Å²) in [6.45, 7) is 3.66. The molecule has 1 aromatic rings. The van der Waals surface area contributed by atoms with E-state index in [4.69, 9.17) is 5.11 Å². The van der Waals surface area contributed by atoms with E-state index in [-0.39, 0.29) is 23.9 Å². The summed E-state index contributed by atoms with van der Waals surface area (Å²) in [4.78, 5) is 14.4. The number of carboxylic acids is 1. The maximum atomic E-state index is 11.5. The van der Waals surface area contributed by atoms with Gasteiger partial charge in [-0.15, -0.1) is 11.3 Å². The first kappa shape index (κ1) is 14.1. The van der Waals surface area contributed by atoms with Crippen molar-refractivity contribution in [1.82, 2.24) is 9.71 Å². The minimum atomic E-state index is -3.32. The van der Waals surface area contributed by atoms with Gasteiger partial charge in [-0.3, -0.25) is 0 Å². The number of rotatable bonds is 6. The molecule has 0 unspecified atom stereocenters. The Balaban J connectivity index is 2.58. The zero-order valence-corrected chi connectivity index (χ0v) is 11.1. The van der Waals surface area contributed by atoms with Gasteiger partial charge in [-0.1, -0.05) is 13.8 Å². The van der Waals surface area contributed by atoms with E-state index in [1.165, 1.54) is 5.38 Å². The lowest BCUT2D eigenvalue weighted by Crippen LogP contribution is -2.28. The SMILES string of the molecule is CC(C)CS(=O)(=O)NCc1nc(C(=O)O)cs1. The molecule has 17 heavy (non-hydrogen) atoms. The first-order valence-corrected chi connectivity index (χ1v) is 7.48. The van der Waals surface area contributed by atoms with Crippen molar-refractivity contribution in [3.05, 3.63) is 16.1 Å². The minimum absolute atomic E-state index is 0.0347. The van der Waals surface area contributed by atoms with Gasteiger partial charge in [0, 0.05) is 5.38 Å². The molecule has 0 saturated carbocycles. The molecular weight excluding hydrogens is 264 g/mol. The first-order chi connectivity index (χ1) is 7.80. The molecule has 0 aliphatic heterocycles. The number of carboxylic acid groups (broad SMARTS) is 1. The lowest BCUT2D eigenvalue weighted by Gasteiger charge is -2.06. The zero-order chi connectivity index (χ0) is 13.1. The first-order valence-electron chi connectivity index (χ1n) is 4.95. The summed E-state index contributed by atoms with van der Waals surface area (Å²) in [5.74, 6) is -1.03. The zero-order valence-electron chi connectivity index (χ0n) is 9.50. The smallest absolute Gasteiger partial charge is 0.355 e. The molecule has 0 aliphatic carbocycles. The van der Waals surface area contributed by atoms with Crippen molar-refractivity contribution in [1.29, 1.82) is 0 Å². The van der Waals surface area contributed by atoms with Crippen LogP contribution in [0.4, 0.5) is 0 Å². The number of sulfonamides is 1. The highest BCUT2D eigenvalue weighted by Gasteiger charge is 2.14. The van der Waals surface area contributed by atoms with Gasteiger partial charge in [0.1, 0.15) is 5.01 Å². The second kappa shape index (κ2) is 5.56. The van der Waals surface area contributed by atoms with Crippen LogP contribution in [0.3, 0.4) is 0 Å². The molecule has 0 atom stereocenters. The molecule has 1 rings (SSSR count). The molecule has 0 bridgehead atoms. The summed E-state index contributed by atoms with van der Waals surface area (Å²) in [5.41, 5.74) is -0.0620. The Hall–Kier alpha value is -0.990. The van der Waals surface area contributed by atoms with Crippen molar-refractivity contribution in [3.8, 4) is 0 Å². The number of hydrogen-bond donors (Lipinski definition) is 2. The van der Waals surface area contributed by atoms with Gasteiger partial charge in [0.05, 0.1) is 12.3 Å². The number of nitrogens with one attached hydrogen (secondary N) is 1. The van der Waals surface area contributed by atoms with Crippen LogP contribution in [0.25, 0.3) is 0 Å². The van der Waals surface area contributed by atoms with E-state index in [0.717, 1.165) is 11.3 Å². The lowest BCUT2D eigenvalue weighted by atomic mass is 10.3. The van der Waals surface area contributed by atoms with Gasteiger partial charge in [-0.2, -0.15) is 0 Å². The third kappa shape index (κ3) is 4.80. The predicted octanol–water partition coefficient (Wildman–Crippen LogP) is 0.917. The molecule has 0 amide bonds. The maximum Gasteiger partial charge on any atom is 0.355 e. The van der Waals surface area contributed by atoms with E-state index in [9.17, 15) is 13.2 Å². The Kier molecular flexibility index (Phi) is 4.61. The molecular formula is C9H14N2O4S2. The Morgan fingerprint density at radius 2 is 2.24 bits per heavy atom. The average Bonchev–Trinajstić information content (AvgIpc) is 2.61. The van der Waals surface area contributed by atoms with Crippen molar-refractivity contribution in [2.45, 2.75) is 20.4 Å². The van der Waals surface area contributed by atoms with Crippen LogP contribution in [0, 0.1) is 5.92 Å². The second-order valence-electron chi connectivity index (χ2n) is 3.93. The molecule has 1 aromatic heterocycles. The fraction of sp³-hybridized carbons (Fsp3) is 0.556. The van der Waals surface area contributed by atoms with Crippen molar-refractivity contribution in [2.75, 3.05) is 5.75 Å². The van der Waals surface area contributed by atoms with E-state index in [0.29, 0.717) is 5.01 Å². The van der Waals surface area contributed by atoms with Crippen molar-refractivity contribution >= 4 is 27.3 Å². The van der Waals surface area contributed by atoms with E-state index >= 15 is 0 Å². The van der Waals surface area contributed by atoms with Crippen LogP contribution in [0.15, 0.2) is 5.38 Å². The Morgan fingerprint density at radius 1 is 1.59 bits per heavy atom. The summed E-state index contributed by atoms with van der Waals surface area (Å²) in [7, 11) is -3.32. The highest BCUT2D eigenvalue weighted by Crippen LogP contribution is 2.10. The quantitative estimate of drug-likeness (QED) is 0.806. The molecule has 0 saturated heterocycles. The number of nitrogens with zero attached hydrogens (tertiary/aromatic N) is 1. The van der Waals surface area contributed by atoms with E-state index in [1.54, 1.807) is 0 Å². The Labute approximate surface area is 104 Å². The van der Waals surface area contributed by atoms with Crippen molar-refractivity contribution in [2.24, 2.45) is 5.92 Å². The van der Waals surface area contributed by atoms with Crippen LogP contribution < -0.4 is 4.72 Å². The van der Waals surface area contributed by atoms with E-state index in [2.05, 4.69) is 9.71 Å². The highest BCUT2D eigenvalue weighted by atomic mass is 32.2. The van der Waals surface area contributed by atoms with Crippen molar-refractivity contribution < 1.29 is 18.3 Å². The van der Waals surface area contributed by atoms with Gasteiger partial charge < -0.3 is 5.11 Å². The summed E-state index contributed by atoms with van der Waals surface area (Å²) in [5, 5.41) is 10.5. The molecule has 0 spiro atoms. The van der Waals surface area contributed by atoms with Crippen molar-refractivity contribution in [3.63, 3.8) is 0 Å². The summed E-state index contributed by atoms with van der Waals surface area (Å²) < 4.78 is 25.4. The molecule has 96 valence electrons. The Bertz CT molecular complexity index is 493. The van der Waals surface area contributed by atoms with Gasteiger partial charge in [0.2, 0.25) is 10.0 Å². The van der Waals surface area contributed by atoms with E-state index < -0.39 is 16.0 Å². The number of thiazole rings is 1.